The van der Waals surface area contributed by atoms with Crippen LogP contribution in [0.1, 0.15) is 12.5 Å². The third kappa shape index (κ3) is 6.54. The maximum Gasteiger partial charge on any atom is 0.138 e. The van der Waals surface area contributed by atoms with Gasteiger partial charge in [0.15, 0.2) is 0 Å². The third-order valence-electron chi connectivity index (χ3n) is 7.67. The summed E-state index contributed by atoms with van der Waals surface area (Å²) < 4.78 is 16.5. The first-order valence-corrected chi connectivity index (χ1v) is 14.6. The molecule has 3 aromatic carbocycles. The van der Waals surface area contributed by atoms with Gasteiger partial charge in [0.05, 0.1) is 44.4 Å². The number of hydrogen-bond acceptors (Lipinski definition) is 6. The molecule has 7 heteroatoms. The van der Waals surface area contributed by atoms with Crippen molar-refractivity contribution >= 4 is 17.5 Å². The molecule has 2 aliphatic rings. The van der Waals surface area contributed by atoms with Crippen LogP contribution in [0.5, 0.6) is 0 Å². The molecule has 0 spiro atoms. The first-order valence-electron chi connectivity index (χ1n) is 14.6. The van der Waals surface area contributed by atoms with Gasteiger partial charge in [0.25, 0.3) is 0 Å². The van der Waals surface area contributed by atoms with Crippen molar-refractivity contribution < 1.29 is 14.2 Å². The molecule has 2 saturated heterocycles. The molecule has 0 aliphatic carbocycles. The number of imidazole rings is 1. The van der Waals surface area contributed by atoms with Gasteiger partial charge in [-0.1, -0.05) is 60.7 Å². The number of benzene rings is 3. The van der Waals surface area contributed by atoms with Crippen LogP contribution in [-0.4, -0.2) is 75.8 Å². The zero-order chi connectivity index (χ0) is 27.9. The smallest absolute Gasteiger partial charge is 0.138 e. The molecule has 6 rings (SSSR count). The highest BCUT2D eigenvalue weighted by Gasteiger charge is 2.18. The number of nitrogens with one attached hydrogen (secondary N) is 1. The van der Waals surface area contributed by atoms with Crippen molar-refractivity contribution in [3.63, 3.8) is 0 Å². The standard InChI is InChI=1S/C34H38N4O3/c1-2-39-21-3-4-26-5-7-29(8-6-26)34-35-32(27-9-13-30(14-10-27)37-17-22-40-23-18-37)33(36-34)28-11-15-31(16-12-28)38-19-24-41-25-20-38/h3-16H,2,17-25H2,1H3,(H,35,36). The number of ether oxygens (including phenoxy) is 3. The van der Waals surface area contributed by atoms with E-state index < -0.39 is 0 Å². The van der Waals surface area contributed by atoms with Gasteiger partial charge in [0.1, 0.15) is 5.82 Å². The number of aromatic amines is 1. The zero-order valence-electron chi connectivity index (χ0n) is 23.7. The maximum absolute atomic E-state index is 5.53. The van der Waals surface area contributed by atoms with Crippen LogP contribution in [0.15, 0.2) is 78.9 Å². The molecule has 0 radical (unpaired) electrons. The summed E-state index contributed by atoms with van der Waals surface area (Å²) in [5.41, 5.74) is 8.81. The Morgan fingerprint density at radius 2 is 1.27 bits per heavy atom. The van der Waals surface area contributed by atoms with Gasteiger partial charge in [0, 0.05) is 60.9 Å². The number of rotatable bonds is 9. The van der Waals surface area contributed by atoms with Crippen molar-refractivity contribution in [1.82, 2.24) is 9.97 Å². The highest BCUT2D eigenvalue weighted by molar-refractivity contribution is 5.82. The van der Waals surface area contributed by atoms with Crippen molar-refractivity contribution in [2.24, 2.45) is 0 Å². The van der Waals surface area contributed by atoms with E-state index in [1.165, 1.54) is 11.4 Å². The van der Waals surface area contributed by atoms with Gasteiger partial charge in [-0.3, -0.25) is 0 Å². The number of morpholine rings is 2. The number of hydrogen-bond donors (Lipinski definition) is 1. The number of nitrogens with zero attached hydrogens (tertiary/aromatic N) is 3. The van der Waals surface area contributed by atoms with Crippen molar-refractivity contribution in [3.8, 4) is 33.9 Å². The van der Waals surface area contributed by atoms with Crippen molar-refractivity contribution in [2.45, 2.75) is 6.92 Å². The zero-order valence-corrected chi connectivity index (χ0v) is 23.7. The van der Waals surface area contributed by atoms with Gasteiger partial charge in [-0.05, 0) is 36.8 Å². The molecule has 2 fully saturated rings. The van der Waals surface area contributed by atoms with E-state index in [-0.39, 0.29) is 0 Å². The lowest BCUT2D eigenvalue weighted by Crippen LogP contribution is -2.36. The molecule has 4 aromatic rings. The van der Waals surface area contributed by atoms with Gasteiger partial charge in [0.2, 0.25) is 0 Å². The van der Waals surface area contributed by atoms with Crippen LogP contribution in [0.2, 0.25) is 0 Å². The summed E-state index contributed by atoms with van der Waals surface area (Å²) in [6.07, 6.45) is 4.13. The molecule has 0 bridgehead atoms. The van der Waals surface area contributed by atoms with Crippen LogP contribution in [0.4, 0.5) is 11.4 Å². The van der Waals surface area contributed by atoms with E-state index in [2.05, 4.69) is 93.7 Å². The second kappa shape index (κ2) is 13.2. The van der Waals surface area contributed by atoms with Crippen LogP contribution >= 0.6 is 0 Å². The topological polar surface area (TPSA) is 62.9 Å². The first kappa shape index (κ1) is 27.3. The predicted octanol–water partition coefficient (Wildman–Crippen LogP) is 6.13. The van der Waals surface area contributed by atoms with E-state index >= 15 is 0 Å². The Hall–Kier alpha value is -3.91. The van der Waals surface area contributed by atoms with Gasteiger partial charge in [-0.15, -0.1) is 0 Å². The molecule has 1 N–H and O–H groups in total. The molecule has 7 nitrogen and oxygen atoms in total. The first-order chi connectivity index (χ1) is 20.3. The average molecular weight is 551 g/mol. The summed E-state index contributed by atoms with van der Waals surface area (Å²) in [7, 11) is 0. The minimum atomic E-state index is 0.623. The monoisotopic (exact) mass is 550 g/mol. The molecule has 0 amide bonds. The van der Waals surface area contributed by atoms with E-state index in [9.17, 15) is 0 Å². The number of anilines is 2. The molecule has 3 heterocycles. The molecule has 0 saturated carbocycles. The Kier molecular flexibility index (Phi) is 8.76. The fourth-order valence-corrected chi connectivity index (χ4v) is 5.36. The van der Waals surface area contributed by atoms with Crippen LogP contribution in [0, 0.1) is 0 Å². The van der Waals surface area contributed by atoms with E-state index in [0.29, 0.717) is 6.61 Å². The molecule has 212 valence electrons. The fraction of sp³-hybridized carbons (Fsp3) is 0.324. The summed E-state index contributed by atoms with van der Waals surface area (Å²) in [5, 5.41) is 0. The Morgan fingerprint density at radius 1 is 0.732 bits per heavy atom. The third-order valence-corrected chi connectivity index (χ3v) is 7.67. The van der Waals surface area contributed by atoms with Crippen LogP contribution in [0.3, 0.4) is 0 Å². The Balaban J connectivity index is 1.31. The lowest BCUT2D eigenvalue weighted by molar-refractivity contribution is 0.122. The lowest BCUT2D eigenvalue weighted by atomic mass is 10.0. The Bertz CT molecular complexity index is 1340. The van der Waals surface area contributed by atoms with Crippen molar-refractivity contribution in [1.29, 1.82) is 0 Å². The summed E-state index contributed by atoms with van der Waals surface area (Å²) in [6, 6.07) is 26.0. The SMILES string of the molecule is CCOCC=Cc1ccc(-c2nc(-c3ccc(N4CCOCC4)cc3)c(-c3ccc(N4CCOCC4)cc3)[nH]2)cc1. The van der Waals surface area contributed by atoms with E-state index in [4.69, 9.17) is 19.2 Å². The van der Waals surface area contributed by atoms with Gasteiger partial charge in [-0.2, -0.15) is 0 Å². The Morgan fingerprint density at radius 3 is 1.83 bits per heavy atom. The molecule has 0 unspecified atom stereocenters. The lowest BCUT2D eigenvalue weighted by Gasteiger charge is -2.29. The summed E-state index contributed by atoms with van der Waals surface area (Å²) in [6.45, 7) is 10.1. The predicted molar refractivity (Wildman–Crippen MR) is 166 cm³/mol. The van der Waals surface area contributed by atoms with Crippen LogP contribution in [-0.2, 0) is 14.2 Å². The maximum atomic E-state index is 5.53. The molecule has 1 aromatic heterocycles. The quantitative estimate of drug-likeness (QED) is 0.253. The van der Waals surface area contributed by atoms with Crippen molar-refractivity contribution in [2.75, 3.05) is 75.6 Å². The van der Waals surface area contributed by atoms with Crippen molar-refractivity contribution in [3.05, 3.63) is 84.4 Å². The largest absolute Gasteiger partial charge is 0.378 e. The second-order valence-electron chi connectivity index (χ2n) is 10.3. The summed E-state index contributed by atoms with van der Waals surface area (Å²) >= 11 is 0. The molecule has 0 atom stereocenters. The minimum Gasteiger partial charge on any atom is -0.378 e. The number of H-pyrrole nitrogens is 1. The normalized spacial score (nSPS) is 16.0. The molecule has 2 aliphatic heterocycles. The second-order valence-corrected chi connectivity index (χ2v) is 10.3. The van der Waals surface area contributed by atoms with E-state index in [0.717, 1.165) is 98.7 Å². The van der Waals surface area contributed by atoms with Gasteiger partial charge in [-0.25, -0.2) is 4.98 Å². The summed E-state index contributed by atoms with van der Waals surface area (Å²) in [5.74, 6) is 0.856. The van der Waals surface area contributed by atoms with Crippen LogP contribution < -0.4 is 9.80 Å². The highest BCUT2D eigenvalue weighted by atomic mass is 16.5. The Labute approximate surface area is 242 Å². The minimum absolute atomic E-state index is 0.623. The molecule has 41 heavy (non-hydrogen) atoms. The molecular weight excluding hydrogens is 512 g/mol. The average Bonchev–Trinajstić information content (AvgIpc) is 3.50. The molecular formula is C34H38N4O3. The van der Waals surface area contributed by atoms with Gasteiger partial charge >= 0.3 is 0 Å². The number of aromatic nitrogens is 2. The van der Waals surface area contributed by atoms with E-state index in [1.54, 1.807) is 0 Å². The van der Waals surface area contributed by atoms with E-state index in [1.807, 2.05) is 13.0 Å². The van der Waals surface area contributed by atoms with Crippen LogP contribution in [0.25, 0.3) is 40.0 Å². The fourth-order valence-electron chi connectivity index (χ4n) is 5.36. The summed E-state index contributed by atoms with van der Waals surface area (Å²) in [4.78, 5) is 13.6. The highest BCUT2D eigenvalue weighted by Crippen LogP contribution is 2.35. The van der Waals surface area contributed by atoms with Gasteiger partial charge < -0.3 is 29.0 Å².